The SMILES string of the molecule is COc1cc(OC)c(C=C(C#N)c2ccc(F)cc2)cc1Br. The molecule has 2 rings (SSSR count). The number of nitriles is 1. The smallest absolute Gasteiger partial charge is 0.136 e. The van der Waals surface area contributed by atoms with E-state index in [9.17, 15) is 9.65 Å². The van der Waals surface area contributed by atoms with E-state index < -0.39 is 0 Å². The lowest BCUT2D eigenvalue weighted by atomic mass is 10.0. The lowest BCUT2D eigenvalue weighted by Crippen LogP contribution is -1.92. The van der Waals surface area contributed by atoms with Crippen molar-refractivity contribution < 1.29 is 13.9 Å². The number of allylic oxidation sites excluding steroid dienone is 1. The number of benzene rings is 2. The summed E-state index contributed by atoms with van der Waals surface area (Å²) in [4.78, 5) is 0. The first-order valence-corrected chi connectivity index (χ1v) is 7.17. The third-order valence-corrected chi connectivity index (χ3v) is 3.70. The van der Waals surface area contributed by atoms with Gasteiger partial charge in [0.2, 0.25) is 0 Å². The second-order valence-electron chi connectivity index (χ2n) is 4.41. The largest absolute Gasteiger partial charge is 0.496 e. The highest BCUT2D eigenvalue weighted by Crippen LogP contribution is 2.34. The first kappa shape index (κ1) is 16.1. The maximum atomic E-state index is 13.0. The van der Waals surface area contributed by atoms with Crippen LogP contribution in [0.4, 0.5) is 4.39 Å². The second kappa shape index (κ2) is 7.10. The van der Waals surface area contributed by atoms with Gasteiger partial charge < -0.3 is 9.47 Å². The van der Waals surface area contributed by atoms with Crippen molar-refractivity contribution in [2.75, 3.05) is 14.2 Å². The minimum absolute atomic E-state index is 0.342. The van der Waals surface area contributed by atoms with E-state index >= 15 is 0 Å². The number of hydrogen-bond donors (Lipinski definition) is 0. The Hall–Kier alpha value is -2.32. The van der Waals surface area contributed by atoms with Crippen molar-refractivity contribution in [2.45, 2.75) is 0 Å². The van der Waals surface area contributed by atoms with Gasteiger partial charge in [0.05, 0.1) is 30.3 Å². The third kappa shape index (κ3) is 3.46. The number of ether oxygens (including phenoxy) is 2. The van der Waals surface area contributed by atoms with Crippen LogP contribution in [0.15, 0.2) is 40.9 Å². The molecule has 0 aromatic heterocycles. The van der Waals surface area contributed by atoms with Crippen LogP contribution in [0.3, 0.4) is 0 Å². The maximum Gasteiger partial charge on any atom is 0.136 e. The van der Waals surface area contributed by atoms with Crippen molar-refractivity contribution in [3.05, 3.63) is 57.8 Å². The summed E-state index contributed by atoms with van der Waals surface area (Å²) in [6, 6.07) is 11.4. The number of nitrogens with zero attached hydrogens (tertiary/aromatic N) is 1. The van der Waals surface area contributed by atoms with E-state index in [1.54, 1.807) is 44.6 Å². The molecule has 0 spiro atoms. The molecule has 0 atom stereocenters. The van der Waals surface area contributed by atoms with Crippen LogP contribution in [0.2, 0.25) is 0 Å². The van der Waals surface area contributed by atoms with E-state index in [0.717, 1.165) is 10.0 Å². The van der Waals surface area contributed by atoms with E-state index in [1.165, 1.54) is 12.1 Å². The van der Waals surface area contributed by atoms with Gasteiger partial charge in [-0.1, -0.05) is 12.1 Å². The highest BCUT2D eigenvalue weighted by Gasteiger charge is 2.10. The molecule has 0 saturated heterocycles. The van der Waals surface area contributed by atoms with E-state index in [4.69, 9.17) is 9.47 Å². The Morgan fingerprint density at radius 2 is 1.77 bits per heavy atom. The highest BCUT2D eigenvalue weighted by atomic mass is 79.9. The molecule has 3 nitrogen and oxygen atoms in total. The standard InChI is InChI=1S/C17H13BrFNO2/c1-21-16-9-17(22-2)15(18)8-12(16)7-13(10-20)11-3-5-14(19)6-4-11/h3-9H,1-2H3. The van der Waals surface area contributed by atoms with Crippen LogP contribution < -0.4 is 9.47 Å². The fourth-order valence-electron chi connectivity index (χ4n) is 1.96. The van der Waals surface area contributed by atoms with Crippen molar-refractivity contribution >= 4 is 27.6 Å². The Bertz CT molecular complexity index is 748. The second-order valence-corrected chi connectivity index (χ2v) is 5.26. The van der Waals surface area contributed by atoms with Gasteiger partial charge in [0.15, 0.2) is 0 Å². The molecular weight excluding hydrogens is 349 g/mol. The zero-order chi connectivity index (χ0) is 16.1. The van der Waals surface area contributed by atoms with E-state index in [1.807, 2.05) is 0 Å². The lowest BCUT2D eigenvalue weighted by Gasteiger charge is -2.10. The number of hydrogen-bond acceptors (Lipinski definition) is 3. The third-order valence-electron chi connectivity index (χ3n) is 3.08. The van der Waals surface area contributed by atoms with E-state index in [-0.39, 0.29) is 5.82 Å². The summed E-state index contributed by atoms with van der Waals surface area (Å²) in [7, 11) is 3.11. The summed E-state index contributed by atoms with van der Waals surface area (Å²) in [5, 5.41) is 9.35. The summed E-state index contributed by atoms with van der Waals surface area (Å²) >= 11 is 3.41. The molecule has 0 unspecified atom stereocenters. The van der Waals surface area contributed by atoms with Crippen LogP contribution in [0.1, 0.15) is 11.1 Å². The molecule has 112 valence electrons. The van der Waals surface area contributed by atoms with Gasteiger partial charge in [-0.3, -0.25) is 0 Å². The fourth-order valence-corrected chi connectivity index (χ4v) is 2.48. The Labute approximate surface area is 136 Å². The first-order valence-electron chi connectivity index (χ1n) is 6.38. The Balaban J connectivity index is 2.52. The number of halogens is 2. The van der Waals surface area contributed by atoms with Gasteiger partial charge in [0.1, 0.15) is 17.3 Å². The van der Waals surface area contributed by atoms with Crippen molar-refractivity contribution in [1.29, 1.82) is 5.26 Å². The zero-order valence-electron chi connectivity index (χ0n) is 12.1. The lowest BCUT2D eigenvalue weighted by molar-refractivity contribution is 0.392. The molecular formula is C17H13BrFNO2. The van der Waals surface area contributed by atoms with Gasteiger partial charge in [0.25, 0.3) is 0 Å². The van der Waals surface area contributed by atoms with Crippen LogP contribution in [-0.2, 0) is 0 Å². The zero-order valence-corrected chi connectivity index (χ0v) is 13.6. The number of rotatable bonds is 4. The molecule has 0 aliphatic heterocycles. The van der Waals surface area contributed by atoms with Gasteiger partial charge in [-0.25, -0.2) is 4.39 Å². The van der Waals surface area contributed by atoms with E-state index in [2.05, 4.69) is 22.0 Å². The van der Waals surface area contributed by atoms with Gasteiger partial charge in [0, 0.05) is 11.6 Å². The van der Waals surface area contributed by atoms with Crippen molar-refractivity contribution in [3.63, 3.8) is 0 Å². The number of methoxy groups -OCH3 is 2. The molecule has 0 heterocycles. The monoisotopic (exact) mass is 361 g/mol. The average molecular weight is 362 g/mol. The van der Waals surface area contributed by atoms with Crippen molar-refractivity contribution in [3.8, 4) is 17.6 Å². The Morgan fingerprint density at radius 3 is 2.32 bits per heavy atom. The van der Waals surface area contributed by atoms with Gasteiger partial charge >= 0.3 is 0 Å². The quantitative estimate of drug-likeness (QED) is 0.586. The molecule has 0 aliphatic rings. The summed E-state index contributed by atoms with van der Waals surface area (Å²) in [6.07, 6.45) is 1.69. The fraction of sp³-hybridized carbons (Fsp3) is 0.118. The van der Waals surface area contributed by atoms with Gasteiger partial charge in [-0.2, -0.15) is 5.26 Å². The molecule has 0 amide bonds. The topological polar surface area (TPSA) is 42.2 Å². The van der Waals surface area contributed by atoms with Crippen LogP contribution in [0.25, 0.3) is 11.6 Å². The first-order chi connectivity index (χ1) is 10.6. The van der Waals surface area contributed by atoms with Crippen LogP contribution in [0, 0.1) is 17.1 Å². The van der Waals surface area contributed by atoms with Crippen molar-refractivity contribution in [1.82, 2.24) is 0 Å². The average Bonchev–Trinajstić information content (AvgIpc) is 2.53. The molecule has 0 saturated carbocycles. The molecule has 0 bridgehead atoms. The molecule has 2 aromatic rings. The molecule has 0 aliphatic carbocycles. The van der Waals surface area contributed by atoms with E-state index in [0.29, 0.717) is 22.6 Å². The predicted octanol–water partition coefficient (Wildman–Crippen LogP) is 4.67. The van der Waals surface area contributed by atoms with Crippen LogP contribution in [0.5, 0.6) is 11.5 Å². The molecule has 2 aromatic carbocycles. The van der Waals surface area contributed by atoms with Crippen molar-refractivity contribution in [2.24, 2.45) is 0 Å². The molecule has 0 N–H and O–H groups in total. The summed E-state index contributed by atoms with van der Waals surface area (Å²) in [5.74, 6) is 0.870. The normalized spacial score (nSPS) is 11.0. The predicted molar refractivity (Wildman–Crippen MR) is 87.1 cm³/mol. The highest BCUT2D eigenvalue weighted by molar-refractivity contribution is 9.10. The molecule has 22 heavy (non-hydrogen) atoms. The molecule has 0 radical (unpaired) electrons. The Kier molecular flexibility index (Phi) is 5.18. The van der Waals surface area contributed by atoms with Crippen LogP contribution in [-0.4, -0.2) is 14.2 Å². The van der Waals surface area contributed by atoms with Gasteiger partial charge in [-0.15, -0.1) is 0 Å². The summed E-state index contributed by atoms with van der Waals surface area (Å²) < 4.78 is 24.3. The molecule has 5 heteroatoms. The minimum Gasteiger partial charge on any atom is -0.496 e. The Morgan fingerprint density at radius 1 is 1.14 bits per heavy atom. The minimum atomic E-state index is -0.342. The summed E-state index contributed by atoms with van der Waals surface area (Å²) in [5.41, 5.74) is 1.77. The maximum absolute atomic E-state index is 13.0. The molecule has 0 fully saturated rings. The van der Waals surface area contributed by atoms with Gasteiger partial charge in [-0.05, 0) is 45.8 Å². The van der Waals surface area contributed by atoms with Crippen LogP contribution >= 0.6 is 15.9 Å². The summed E-state index contributed by atoms with van der Waals surface area (Å²) in [6.45, 7) is 0.